The van der Waals surface area contributed by atoms with Gasteiger partial charge in [-0.05, 0) is 49.4 Å². The molecule has 1 aliphatic rings. The third kappa shape index (κ3) is 3.04. The van der Waals surface area contributed by atoms with Crippen LogP contribution in [0.5, 0.6) is 0 Å². The van der Waals surface area contributed by atoms with E-state index < -0.39 is 0 Å². The van der Waals surface area contributed by atoms with E-state index in [1.165, 1.54) is 0 Å². The van der Waals surface area contributed by atoms with Gasteiger partial charge in [0.2, 0.25) is 12.3 Å². The lowest BCUT2D eigenvalue weighted by atomic mass is 10.1. The lowest BCUT2D eigenvalue weighted by Crippen LogP contribution is -2.37. The van der Waals surface area contributed by atoms with Gasteiger partial charge in [-0.25, -0.2) is 4.90 Å². The molecule has 4 rings (SSSR count). The van der Waals surface area contributed by atoms with Crippen LogP contribution in [0.15, 0.2) is 73.1 Å². The second-order valence-electron chi connectivity index (χ2n) is 6.51. The highest BCUT2D eigenvalue weighted by Gasteiger charge is 2.36. The Bertz CT molecular complexity index is 1040. The molecule has 0 unspecified atom stereocenters. The van der Waals surface area contributed by atoms with Gasteiger partial charge in [0.15, 0.2) is 12.4 Å². The number of rotatable bonds is 4. The summed E-state index contributed by atoms with van der Waals surface area (Å²) in [4.78, 5) is 38.7. The van der Waals surface area contributed by atoms with Crippen LogP contribution in [-0.2, 0) is 6.54 Å². The molecule has 0 fully saturated rings. The Morgan fingerprint density at radius 3 is 2.11 bits per heavy atom. The van der Waals surface area contributed by atoms with E-state index in [0.29, 0.717) is 22.4 Å². The average molecular weight is 357 g/mol. The van der Waals surface area contributed by atoms with Crippen molar-refractivity contribution in [1.82, 2.24) is 0 Å². The third-order valence-electron chi connectivity index (χ3n) is 4.57. The van der Waals surface area contributed by atoms with Gasteiger partial charge in [-0.3, -0.25) is 14.4 Å². The largest absolute Gasteiger partial charge is 0.287 e. The lowest BCUT2D eigenvalue weighted by Gasteiger charge is -2.14. The number of anilines is 1. The summed E-state index contributed by atoms with van der Waals surface area (Å²) in [6.45, 7) is 2.20. The molecule has 2 aromatic carbocycles. The molecular weight excluding hydrogens is 340 g/mol. The molecule has 2 amide bonds. The van der Waals surface area contributed by atoms with Crippen molar-refractivity contribution in [1.29, 1.82) is 0 Å². The number of fused-ring (bicyclic) bond motifs is 1. The minimum Gasteiger partial charge on any atom is -0.287 e. The number of ketones is 1. The van der Waals surface area contributed by atoms with Crippen molar-refractivity contribution in [3.63, 3.8) is 0 Å². The Morgan fingerprint density at radius 2 is 1.52 bits per heavy atom. The number of carbonyl (C=O) groups excluding carboxylic acids is 3. The van der Waals surface area contributed by atoms with Crippen LogP contribution >= 0.6 is 0 Å². The van der Waals surface area contributed by atoms with Gasteiger partial charge >= 0.3 is 0 Å². The molecule has 0 atom stereocenters. The first-order chi connectivity index (χ1) is 13.0. The van der Waals surface area contributed by atoms with Crippen LogP contribution < -0.4 is 9.47 Å². The fraction of sp³-hybridized carbons (Fsp3) is 0.0909. The number of carbonyl (C=O) groups is 3. The molecule has 1 aliphatic heterocycles. The number of imide groups is 1. The zero-order chi connectivity index (χ0) is 19.0. The summed E-state index contributed by atoms with van der Waals surface area (Å²) >= 11 is 0. The minimum atomic E-state index is -0.343. The van der Waals surface area contributed by atoms with Crippen LogP contribution in [0.1, 0.15) is 36.6 Å². The van der Waals surface area contributed by atoms with Crippen LogP contribution in [0.25, 0.3) is 0 Å². The molecule has 3 aromatic rings. The van der Waals surface area contributed by atoms with Crippen LogP contribution in [0.4, 0.5) is 5.69 Å². The minimum absolute atomic E-state index is 0.0421. The van der Waals surface area contributed by atoms with E-state index in [0.717, 1.165) is 10.5 Å². The Balaban J connectivity index is 1.55. The fourth-order valence-corrected chi connectivity index (χ4v) is 3.23. The van der Waals surface area contributed by atoms with Crippen LogP contribution in [-0.4, -0.2) is 17.6 Å². The second kappa shape index (κ2) is 6.61. The number of amides is 2. The highest BCUT2D eigenvalue weighted by molar-refractivity contribution is 6.34. The molecule has 5 nitrogen and oxygen atoms in total. The lowest BCUT2D eigenvalue weighted by molar-refractivity contribution is -0.683. The predicted octanol–water partition coefficient (Wildman–Crippen LogP) is 2.97. The van der Waals surface area contributed by atoms with Crippen LogP contribution in [0.2, 0.25) is 0 Å². The first-order valence-electron chi connectivity index (χ1n) is 8.61. The Labute approximate surface area is 156 Å². The van der Waals surface area contributed by atoms with Gasteiger partial charge in [-0.15, -0.1) is 0 Å². The van der Waals surface area contributed by atoms with Gasteiger partial charge in [0, 0.05) is 17.2 Å². The average Bonchev–Trinajstić information content (AvgIpc) is 2.93. The maximum atomic E-state index is 12.5. The van der Waals surface area contributed by atoms with Crippen molar-refractivity contribution in [2.45, 2.75) is 13.5 Å². The molecule has 132 valence electrons. The number of aromatic nitrogens is 1. The van der Waals surface area contributed by atoms with Gasteiger partial charge in [0.25, 0.3) is 11.8 Å². The number of benzene rings is 2. The van der Waals surface area contributed by atoms with Crippen LogP contribution in [0.3, 0.4) is 0 Å². The van der Waals surface area contributed by atoms with E-state index in [2.05, 4.69) is 0 Å². The predicted molar refractivity (Wildman–Crippen MR) is 99.7 cm³/mol. The molecular formula is C22H17N2O3+. The van der Waals surface area contributed by atoms with E-state index in [9.17, 15) is 14.4 Å². The molecule has 0 radical (unpaired) electrons. The van der Waals surface area contributed by atoms with Gasteiger partial charge in [0.1, 0.15) is 0 Å². The van der Waals surface area contributed by atoms with Crippen molar-refractivity contribution in [2.24, 2.45) is 0 Å². The van der Waals surface area contributed by atoms with E-state index in [1.807, 2.05) is 36.0 Å². The Morgan fingerprint density at radius 1 is 0.889 bits per heavy atom. The standard InChI is InChI=1S/C22H17N2O3/c1-15-5-4-12-23(13-15)14-20(25)16-8-10-17(11-9-16)24-21(26)18-6-2-3-7-19(18)22(24)27/h2-13H,14H2,1H3/q+1. The van der Waals surface area contributed by atoms with Crippen molar-refractivity contribution in [3.05, 3.63) is 95.3 Å². The first kappa shape index (κ1) is 16.8. The highest BCUT2D eigenvalue weighted by Crippen LogP contribution is 2.28. The van der Waals surface area contributed by atoms with Gasteiger partial charge in [-0.1, -0.05) is 12.1 Å². The summed E-state index contributed by atoms with van der Waals surface area (Å²) in [5.41, 5.74) is 2.87. The molecule has 0 saturated carbocycles. The van der Waals surface area contributed by atoms with E-state index in [4.69, 9.17) is 0 Å². The van der Waals surface area contributed by atoms with Crippen molar-refractivity contribution in [3.8, 4) is 0 Å². The van der Waals surface area contributed by atoms with Gasteiger partial charge < -0.3 is 0 Å². The SMILES string of the molecule is Cc1ccc[n+](CC(=O)c2ccc(N3C(=O)c4ccccc4C3=O)cc2)c1. The van der Waals surface area contributed by atoms with Gasteiger partial charge in [0.05, 0.1) is 16.8 Å². The Hall–Kier alpha value is -3.60. The second-order valence-corrected chi connectivity index (χ2v) is 6.51. The summed E-state index contributed by atoms with van der Waals surface area (Å²) in [7, 11) is 0. The number of pyridine rings is 1. The molecule has 27 heavy (non-hydrogen) atoms. The van der Waals surface area contributed by atoms with E-state index in [-0.39, 0.29) is 24.1 Å². The zero-order valence-corrected chi connectivity index (χ0v) is 14.8. The van der Waals surface area contributed by atoms with Crippen molar-refractivity contribution in [2.75, 3.05) is 4.90 Å². The molecule has 1 aromatic heterocycles. The summed E-state index contributed by atoms with van der Waals surface area (Å²) in [5, 5.41) is 0. The first-order valence-corrected chi connectivity index (χ1v) is 8.61. The summed E-state index contributed by atoms with van der Waals surface area (Å²) < 4.78 is 1.83. The normalized spacial score (nSPS) is 13.0. The molecule has 0 bridgehead atoms. The molecule has 2 heterocycles. The smallest absolute Gasteiger partial charge is 0.266 e. The number of aryl methyl sites for hydroxylation is 1. The Kier molecular flexibility index (Phi) is 4.12. The zero-order valence-electron chi connectivity index (χ0n) is 14.8. The molecule has 0 saturated heterocycles. The monoisotopic (exact) mass is 357 g/mol. The summed E-state index contributed by atoms with van der Waals surface area (Å²) in [6, 6.07) is 17.2. The molecule has 0 N–H and O–H groups in total. The maximum Gasteiger partial charge on any atom is 0.266 e. The topological polar surface area (TPSA) is 58.3 Å². The fourth-order valence-electron chi connectivity index (χ4n) is 3.23. The summed E-state index contributed by atoms with van der Waals surface area (Å²) in [6.07, 6.45) is 3.75. The molecule has 0 aliphatic carbocycles. The highest BCUT2D eigenvalue weighted by atomic mass is 16.2. The van der Waals surface area contributed by atoms with Crippen LogP contribution in [0, 0.1) is 6.92 Å². The number of hydrogen-bond donors (Lipinski definition) is 0. The van der Waals surface area contributed by atoms with E-state index >= 15 is 0 Å². The van der Waals surface area contributed by atoms with Gasteiger partial charge in [-0.2, -0.15) is 4.57 Å². The number of nitrogens with zero attached hydrogens (tertiary/aromatic N) is 2. The summed E-state index contributed by atoms with van der Waals surface area (Å²) in [5.74, 6) is -0.727. The molecule has 5 heteroatoms. The quantitative estimate of drug-likeness (QED) is 0.410. The molecule has 0 spiro atoms. The number of Topliss-reactive ketones (excluding diaryl/α,β-unsaturated/α-hetero) is 1. The maximum absolute atomic E-state index is 12.5. The van der Waals surface area contributed by atoms with Crippen molar-refractivity contribution >= 4 is 23.3 Å². The van der Waals surface area contributed by atoms with E-state index in [1.54, 1.807) is 48.5 Å². The number of hydrogen-bond acceptors (Lipinski definition) is 3. The van der Waals surface area contributed by atoms with Crippen molar-refractivity contribution < 1.29 is 19.0 Å². The third-order valence-corrected chi connectivity index (χ3v) is 4.57.